The molecule has 0 amide bonds. The van der Waals surface area contributed by atoms with Gasteiger partial charge in [-0.3, -0.25) is 0 Å². The summed E-state index contributed by atoms with van der Waals surface area (Å²) in [5, 5.41) is 21.2. The van der Waals surface area contributed by atoms with Gasteiger partial charge in [0, 0.05) is 21.5 Å². The summed E-state index contributed by atoms with van der Waals surface area (Å²) in [6, 6.07) is 41.5. The van der Waals surface area contributed by atoms with Crippen molar-refractivity contribution in [3.8, 4) is 11.5 Å². The minimum Gasteiger partial charge on any atom is -0.456 e. The molecule has 10 aromatic carbocycles. The Hall–Kier alpha value is -5.40. The van der Waals surface area contributed by atoms with E-state index in [9.17, 15) is 0 Å². The molecule has 10 aromatic rings. The van der Waals surface area contributed by atoms with Crippen LogP contribution in [0.5, 0.6) is 11.5 Å². The minimum atomic E-state index is 0.931. The molecular formula is C48H38O. The fraction of sp³-hybridized carbons (Fsp3) is 0.167. The van der Waals surface area contributed by atoms with Crippen molar-refractivity contribution in [3.05, 3.63) is 131 Å². The lowest BCUT2D eigenvalue weighted by atomic mass is 9.85. The molecule has 0 saturated heterocycles. The zero-order chi connectivity index (χ0) is 33.0. The number of hydrogen-bond donors (Lipinski definition) is 0. The normalized spacial score (nSPS) is 12.4. The molecule has 0 aliphatic rings. The van der Waals surface area contributed by atoms with Crippen molar-refractivity contribution in [1.29, 1.82) is 0 Å². The molecule has 0 radical (unpaired) electrons. The Morgan fingerprint density at radius 3 is 1.12 bits per heavy atom. The van der Waals surface area contributed by atoms with Gasteiger partial charge in [-0.15, -0.1) is 0 Å². The summed E-state index contributed by atoms with van der Waals surface area (Å²) >= 11 is 0. The van der Waals surface area contributed by atoms with E-state index in [0.29, 0.717) is 0 Å². The molecule has 0 saturated carbocycles. The first-order valence-corrected chi connectivity index (χ1v) is 18.1. The number of aryl methyl sites for hydroxylation is 4. The topological polar surface area (TPSA) is 9.23 Å². The monoisotopic (exact) mass is 630 g/mol. The van der Waals surface area contributed by atoms with E-state index in [1.54, 1.807) is 0 Å². The molecule has 0 aromatic heterocycles. The van der Waals surface area contributed by atoms with E-state index in [1.165, 1.54) is 108 Å². The Kier molecular flexibility index (Phi) is 6.16. The molecule has 0 aliphatic heterocycles. The van der Waals surface area contributed by atoms with E-state index in [-0.39, 0.29) is 0 Å². The molecule has 0 heterocycles. The summed E-state index contributed by atoms with van der Waals surface area (Å²) in [5.74, 6) is 1.91. The van der Waals surface area contributed by atoms with Crippen molar-refractivity contribution in [2.45, 2.75) is 53.4 Å². The third kappa shape index (κ3) is 3.88. The van der Waals surface area contributed by atoms with Gasteiger partial charge in [-0.05, 0) is 137 Å². The maximum absolute atomic E-state index is 7.37. The summed E-state index contributed by atoms with van der Waals surface area (Å²) in [7, 11) is 0. The van der Waals surface area contributed by atoms with Gasteiger partial charge in [-0.25, -0.2) is 0 Å². The van der Waals surface area contributed by atoms with E-state index < -0.39 is 0 Å². The van der Waals surface area contributed by atoms with Crippen molar-refractivity contribution in [1.82, 2.24) is 0 Å². The maximum atomic E-state index is 7.37. The second kappa shape index (κ2) is 10.5. The molecule has 0 fully saturated rings. The molecule has 0 N–H and O–H groups in total. The number of hydrogen-bond acceptors (Lipinski definition) is 1. The van der Waals surface area contributed by atoms with Crippen LogP contribution in [0.3, 0.4) is 0 Å². The van der Waals surface area contributed by atoms with Crippen LogP contribution in [-0.4, -0.2) is 0 Å². The van der Waals surface area contributed by atoms with Crippen molar-refractivity contribution in [2.75, 3.05) is 0 Å². The van der Waals surface area contributed by atoms with Gasteiger partial charge < -0.3 is 4.74 Å². The van der Waals surface area contributed by atoms with Crippen LogP contribution in [-0.2, 0) is 25.7 Å². The van der Waals surface area contributed by atoms with Gasteiger partial charge in [0.2, 0.25) is 0 Å². The Bertz CT molecular complexity index is 2730. The van der Waals surface area contributed by atoms with Gasteiger partial charge >= 0.3 is 0 Å². The molecule has 1 heteroatoms. The third-order valence-corrected chi connectivity index (χ3v) is 11.4. The van der Waals surface area contributed by atoms with E-state index in [4.69, 9.17) is 4.74 Å². The molecule has 0 bridgehead atoms. The molecule has 0 unspecified atom stereocenters. The van der Waals surface area contributed by atoms with Crippen LogP contribution in [0.4, 0.5) is 0 Å². The first-order valence-electron chi connectivity index (χ1n) is 18.1. The second-order valence-corrected chi connectivity index (χ2v) is 13.9. The predicted molar refractivity (Wildman–Crippen MR) is 213 cm³/mol. The molecule has 10 rings (SSSR count). The van der Waals surface area contributed by atoms with Crippen LogP contribution in [0, 0.1) is 0 Å². The number of fused-ring (bicyclic) bond motifs is 4. The minimum absolute atomic E-state index is 0.931. The second-order valence-electron chi connectivity index (χ2n) is 13.9. The zero-order valence-corrected chi connectivity index (χ0v) is 28.6. The van der Waals surface area contributed by atoms with E-state index in [0.717, 1.165) is 37.2 Å². The summed E-state index contributed by atoms with van der Waals surface area (Å²) in [6.45, 7) is 9.09. The van der Waals surface area contributed by atoms with Crippen LogP contribution in [0.1, 0.15) is 49.9 Å². The third-order valence-electron chi connectivity index (χ3n) is 11.4. The van der Waals surface area contributed by atoms with Crippen molar-refractivity contribution >= 4 is 86.2 Å². The first kappa shape index (κ1) is 28.6. The van der Waals surface area contributed by atoms with E-state index in [1.807, 2.05) is 0 Å². The number of benzene rings is 10. The highest BCUT2D eigenvalue weighted by Gasteiger charge is 2.22. The number of ether oxygens (including phenoxy) is 1. The number of rotatable bonds is 6. The van der Waals surface area contributed by atoms with Gasteiger partial charge in [0.05, 0.1) is 0 Å². The summed E-state index contributed by atoms with van der Waals surface area (Å²) in [4.78, 5) is 0. The lowest BCUT2D eigenvalue weighted by Crippen LogP contribution is -1.98. The van der Waals surface area contributed by atoms with Crippen LogP contribution in [0.2, 0.25) is 0 Å². The fourth-order valence-corrected chi connectivity index (χ4v) is 9.11. The fourth-order valence-electron chi connectivity index (χ4n) is 9.11. The van der Waals surface area contributed by atoms with Gasteiger partial charge in [-0.2, -0.15) is 0 Å². The van der Waals surface area contributed by atoms with Crippen LogP contribution in [0.25, 0.3) is 86.2 Å². The zero-order valence-electron chi connectivity index (χ0n) is 28.6. The lowest BCUT2D eigenvalue weighted by molar-refractivity contribution is 0.493. The molecule has 0 atom stereocenters. The molecule has 0 aliphatic carbocycles. The SMILES string of the molecule is CCc1cc2c(Oc3cc(CC)c4c5cccc6cccc(c7cc(CC)cc3c74)c65)cc(CC)c3c4cccc5cccc(c(c1)c23)c54. The Morgan fingerprint density at radius 2 is 0.735 bits per heavy atom. The molecule has 1 nitrogen and oxygen atoms in total. The summed E-state index contributed by atoms with van der Waals surface area (Å²) in [6.07, 6.45) is 3.80. The average molecular weight is 631 g/mol. The van der Waals surface area contributed by atoms with E-state index in [2.05, 4.69) is 137 Å². The average Bonchev–Trinajstić information content (AvgIpc) is 3.15. The predicted octanol–water partition coefficient (Wildman–Crippen LogP) is 13.8. The molecular weight excluding hydrogens is 593 g/mol. The van der Waals surface area contributed by atoms with Gasteiger partial charge in [-0.1, -0.05) is 113 Å². The maximum Gasteiger partial charge on any atom is 0.135 e. The van der Waals surface area contributed by atoms with Gasteiger partial charge in [0.15, 0.2) is 0 Å². The smallest absolute Gasteiger partial charge is 0.135 e. The highest BCUT2D eigenvalue weighted by molar-refractivity contribution is 6.36. The summed E-state index contributed by atoms with van der Waals surface area (Å²) < 4.78 is 7.37. The van der Waals surface area contributed by atoms with Gasteiger partial charge in [0.1, 0.15) is 11.5 Å². The highest BCUT2D eigenvalue weighted by Crippen LogP contribution is 2.49. The van der Waals surface area contributed by atoms with E-state index >= 15 is 0 Å². The van der Waals surface area contributed by atoms with Gasteiger partial charge in [0.25, 0.3) is 0 Å². The lowest BCUT2D eigenvalue weighted by Gasteiger charge is -2.22. The summed E-state index contributed by atoms with van der Waals surface area (Å²) in [5.41, 5.74) is 5.35. The molecule has 236 valence electrons. The highest BCUT2D eigenvalue weighted by atomic mass is 16.5. The van der Waals surface area contributed by atoms with Crippen molar-refractivity contribution < 1.29 is 4.74 Å². The standard InChI is InChI=1S/C48H38O/c1-5-27-21-37-33-17-9-13-31-15-11-19-35(43(31)33)45-29(7-3)25-41(39(23-27)47(37)45)49-42-26-30(8-4)46-36-20-12-16-32-14-10-18-34(44(32)36)38-22-28(6-2)24-40(42)48(38)46/h9-26H,5-8H2,1-4H3. The Morgan fingerprint density at radius 1 is 0.347 bits per heavy atom. The Labute approximate surface area is 286 Å². The Balaban J connectivity index is 1.34. The van der Waals surface area contributed by atoms with Crippen LogP contribution in [0.15, 0.2) is 109 Å². The molecule has 0 spiro atoms. The first-order chi connectivity index (χ1) is 24.1. The van der Waals surface area contributed by atoms with Crippen LogP contribution < -0.4 is 4.74 Å². The van der Waals surface area contributed by atoms with Crippen molar-refractivity contribution in [3.63, 3.8) is 0 Å². The molecule has 49 heavy (non-hydrogen) atoms. The van der Waals surface area contributed by atoms with Crippen LogP contribution >= 0.6 is 0 Å². The largest absolute Gasteiger partial charge is 0.456 e. The van der Waals surface area contributed by atoms with Crippen molar-refractivity contribution in [2.24, 2.45) is 0 Å². The quantitative estimate of drug-likeness (QED) is 0.131.